The van der Waals surface area contributed by atoms with E-state index >= 15 is 0 Å². The first-order valence-electron chi connectivity index (χ1n) is 8.44. The summed E-state index contributed by atoms with van der Waals surface area (Å²) in [7, 11) is 3.19. The van der Waals surface area contributed by atoms with Crippen molar-refractivity contribution in [3.63, 3.8) is 0 Å². The third-order valence-electron chi connectivity index (χ3n) is 4.61. The average Bonchev–Trinajstić information content (AvgIpc) is 2.65. The predicted molar refractivity (Wildman–Crippen MR) is 95.9 cm³/mol. The molecule has 1 aliphatic rings. The van der Waals surface area contributed by atoms with Crippen LogP contribution in [0.4, 0.5) is 14.9 Å². The van der Waals surface area contributed by atoms with Gasteiger partial charge in [0.15, 0.2) is 11.5 Å². The van der Waals surface area contributed by atoms with E-state index in [2.05, 4.69) is 11.1 Å². The van der Waals surface area contributed by atoms with E-state index in [0.29, 0.717) is 36.7 Å². The van der Waals surface area contributed by atoms with Crippen molar-refractivity contribution >= 4 is 11.7 Å². The molecule has 0 aliphatic carbocycles. The molecule has 0 aromatic heterocycles. The Morgan fingerprint density at radius 3 is 2.65 bits per heavy atom. The van der Waals surface area contributed by atoms with Gasteiger partial charge in [0.2, 0.25) is 0 Å². The Balaban J connectivity index is 1.87. The van der Waals surface area contributed by atoms with E-state index in [9.17, 15) is 9.18 Å². The molecule has 0 unspecified atom stereocenters. The second kappa shape index (κ2) is 7.61. The fourth-order valence-corrected chi connectivity index (χ4v) is 3.34. The lowest BCUT2D eigenvalue weighted by Gasteiger charge is -2.36. The molecule has 0 bridgehead atoms. The Bertz CT molecular complexity index is 813. The molecular formula is C19H23FN3O3+. The number of anilines is 1. The van der Waals surface area contributed by atoms with Crippen LogP contribution in [-0.2, 0) is 6.42 Å². The number of nitrogens with one attached hydrogen (secondary N) is 1. The van der Waals surface area contributed by atoms with Crippen molar-refractivity contribution in [2.24, 2.45) is 0 Å². The highest BCUT2D eigenvalue weighted by Crippen LogP contribution is 2.37. The van der Waals surface area contributed by atoms with Gasteiger partial charge in [-0.2, -0.15) is 0 Å². The van der Waals surface area contributed by atoms with Crippen LogP contribution in [0.25, 0.3) is 0 Å². The zero-order valence-corrected chi connectivity index (χ0v) is 14.9. The molecule has 4 N–H and O–H groups in total. The molecule has 138 valence electrons. The molecule has 0 fully saturated rings. The molecule has 2 amide bonds. The highest BCUT2D eigenvalue weighted by molar-refractivity contribution is 5.89. The normalized spacial score (nSPS) is 16.0. The Kier molecular flexibility index (Phi) is 5.27. The number of hydrogen-bond acceptors (Lipinski definition) is 3. The summed E-state index contributed by atoms with van der Waals surface area (Å²) >= 11 is 0. The number of carbonyl (C=O) groups is 1. The van der Waals surface area contributed by atoms with Crippen LogP contribution in [0, 0.1) is 5.82 Å². The molecule has 0 saturated heterocycles. The fraction of sp³-hybridized carbons (Fsp3) is 0.316. The largest absolute Gasteiger partial charge is 0.493 e. The van der Waals surface area contributed by atoms with Crippen LogP contribution in [-0.4, -0.2) is 38.2 Å². The summed E-state index contributed by atoms with van der Waals surface area (Å²) in [6.45, 7) is 1.06. The van der Waals surface area contributed by atoms with Gasteiger partial charge in [-0.3, -0.25) is 0 Å². The number of rotatable bonds is 4. The van der Waals surface area contributed by atoms with Crippen LogP contribution >= 0.6 is 0 Å². The number of urea groups is 1. The van der Waals surface area contributed by atoms with E-state index in [4.69, 9.17) is 9.47 Å². The van der Waals surface area contributed by atoms with Crippen molar-refractivity contribution in [2.45, 2.75) is 12.5 Å². The Morgan fingerprint density at radius 1 is 1.27 bits per heavy atom. The third kappa shape index (κ3) is 3.43. The number of quaternary nitrogens is 1. The van der Waals surface area contributed by atoms with Gasteiger partial charge < -0.3 is 25.4 Å². The molecule has 0 radical (unpaired) electrons. The Morgan fingerprint density at radius 2 is 2.00 bits per heavy atom. The number of halogens is 1. The standard InChI is InChI=1S/C19H22FN3O3/c1-25-17-8-12-6-7-23(16(11-21)15(12)10-18(17)26-2)19(24)22-14-5-3-4-13(20)9-14/h3-5,8-10,16H,6-7,11,21H2,1-2H3,(H,22,24)/p+1/t16-/m0/s1. The van der Waals surface area contributed by atoms with Crippen LogP contribution in [0.2, 0.25) is 0 Å². The number of fused-ring (bicyclic) bond motifs is 1. The van der Waals surface area contributed by atoms with E-state index in [-0.39, 0.29) is 12.1 Å². The van der Waals surface area contributed by atoms with Gasteiger partial charge in [-0.25, -0.2) is 9.18 Å². The van der Waals surface area contributed by atoms with Gasteiger partial charge in [0.25, 0.3) is 0 Å². The molecule has 26 heavy (non-hydrogen) atoms. The zero-order chi connectivity index (χ0) is 18.7. The van der Waals surface area contributed by atoms with Gasteiger partial charge in [0.1, 0.15) is 11.9 Å². The molecule has 2 aromatic carbocycles. The Labute approximate surface area is 151 Å². The lowest BCUT2D eigenvalue weighted by atomic mass is 9.92. The quantitative estimate of drug-likeness (QED) is 0.878. The monoisotopic (exact) mass is 360 g/mol. The summed E-state index contributed by atoms with van der Waals surface area (Å²) < 4.78 is 24.1. The summed E-state index contributed by atoms with van der Waals surface area (Å²) in [5.41, 5.74) is 6.55. The molecule has 7 heteroatoms. The van der Waals surface area contributed by atoms with E-state index in [0.717, 1.165) is 11.1 Å². The molecular weight excluding hydrogens is 337 g/mol. The number of methoxy groups -OCH3 is 2. The summed E-state index contributed by atoms with van der Waals surface area (Å²) in [6, 6.07) is 9.26. The number of nitrogens with zero attached hydrogens (tertiary/aromatic N) is 1. The fourth-order valence-electron chi connectivity index (χ4n) is 3.34. The second-order valence-electron chi connectivity index (χ2n) is 6.09. The lowest BCUT2D eigenvalue weighted by Crippen LogP contribution is -2.58. The van der Waals surface area contributed by atoms with E-state index < -0.39 is 5.82 Å². The van der Waals surface area contributed by atoms with Crippen molar-refractivity contribution in [2.75, 3.05) is 32.6 Å². The Hall–Kier alpha value is -2.80. The summed E-state index contributed by atoms with van der Waals surface area (Å²) in [5, 5.41) is 2.76. The predicted octanol–water partition coefficient (Wildman–Crippen LogP) is 2.22. The third-order valence-corrected chi connectivity index (χ3v) is 4.61. The van der Waals surface area contributed by atoms with Gasteiger partial charge in [-0.05, 0) is 47.9 Å². The van der Waals surface area contributed by atoms with Crippen molar-refractivity contribution in [1.29, 1.82) is 0 Å². The summed E-state index contributed by atoms with van der Waals surface area (Å²) in [4.78, 5) is 14.5. The minimum atomic E-state index is -0.391. The summed E-state index contributed by atoms with van der Waals surface area (Å²) in [6.07, 6.45) is 0.697. The van der Waals surface area contributed by atoms with Crippen LogP contribution in [0.3, 0.4) is 0 Å². The van der Waals surface area contributed by atoms with Crippen molar-refractivity contribution in [3.05, 3.63) is 53.3 Å². The SMILES string of the molecule is COc1cc2c(cc1OC)[C@H](C[NH3+])N(C(=O)Nc1cccc(F)c1)CC2. The van der Waals surface area contributed by atoms with Crippen LogP contribution in [0.5, 0.6) is 11.5 Å². The highest BCUT2D eigenvalue weighted by atomic mass is 19.1. The highest BCUT2D eigenvalue weighted by Gasteiger charge is 2.32. The molecule has 1 atom stereocenters. The minimum Gasteiger partial charge on any atom is -0.493 e. The zero-order valence-electron chi connectivity index (χ0n) is 14.9. The van der Waals surface area contributed by atoms with Gasteiger partial charge >= 0.3 is 6.03 Å². The topological polar surface area (TPSA) is 78.4 Å². The van der Waals surface area contributed by atoms with Crippen molar-refractivity contribution < 1.29 is 24.4 Å². The number of amides is 2. The van der Waals surface area contributed by atoms with E-state index in [1.165, 1.54) is 12.1 Å². The molecule has 0 saturated carbocycles. The first-order chi connectivity index (χ1) is 12.6. The van der Waals surface area contributed by atoms with Crippen molar-refractivity contribution in [1.82, 2.24) is 4.90 Å². The maximum atomic E-state index is 13.4. The lowest BCUT2D eigenvalue weighted by molar-refractivity contribution is -0.378. The molecule has 0 spiro atoms. The van der Waals surface area contributed by atoms with Gasteiger partial charge in [0, 0.05) is 12.2 Å². The maximum Gasteiger partial charge on any atom is 0.322 e. The molecule has 6 nitrogen and oxygen atoms in total. The molecule has 3 rings (SSSR count). The molecule has 1 aliphatic heterocycles. The van der Waals surface area contributed by atoms with Crippen LogP contribution < -0.4 is 20.5 Å². The maximum absolute atomic E-state index is 13.4. The molecule has 1 heterocycles. The number of carbonyl (C=O) groups excluding carboxylic acids is 1. The van der Waals surface area contributed by atoms with Crippen LogP contribution in [0.15, 0.2) is 36.4 Å². The van der Waals surface area contributed by atoms with E-state index in [1.54, 1.807) is 31.3 Å². The first-order valence-corrected chi connectivity index (χ1v) is 8.44. The van der Waals surface area contributed by atoms with E-state index in [1.807, 2.05) is 12.1 Å². The number of ether oxygens (including phenoxy) is 2. The summed E-state index contributed by atoms with van der Waals surface area (Å²) in [5.74, 6) is 0.904. The van der Waals surface area contributed by atoms with Gasteiger partial charge in [0.05, 0.1) is 20.8 Å². The van der Waals surface area contributed by atoms with Crippen molar-refractivity contribution in [3.8, 4) is 11.5 Å². The van der Waals surface area contributed by atoms with Gasteiger partial charge in [-0.15, -0.1) is 0 Å². The number of benzene rings is 2. The second-order valence-corrected chi connectivity index (χ2v) is 6.09. The van der Waals surface area contributed by atoms with Gasteiger partial charge in [-0.1, -0.05) is 6.07 Å². The minimum absolute atomic E-state index is 0.188. The first kappa shape index (κ1) is 18.0. The number of hydrogen-bond donors (Lipinski definition) is 2. The molecule has 2 aromatic rings. The smallest absolute Gasteiger partial charge is 0.322 e. The average molecular weight is 360 g/mol. The van der Waals surface area contributed by atoms with Crippen LogP contribution in [0.1, 0.15) is 17.2 Å².